The van der Waals surface area contributed by atoms with Crippen molar-refractivity contribution in [3.63, 3.8) is 0 Å². The van der Waals surface area contributed by atoms with Gasteiger partial charge < -0.3 is 15.5 Å². The van der Waals surface area contributed by atoms with Crippen molar-refractivity contribution in [2.45, 2.75) is 57.5 Å². The number of aromatic nitrogens is 1. The van der Waals surface area contributed by atoms with Crippen LogP contribution in [0.1, 0.15) is 50.5 Å². The lowest BCUT2D eigenvalue weighted by Crippen LogP contribution is -2.42. The molecule has 0 atom stereocenters. The second-order valence-electron chi connectivity index (χ2n) is 6.38. The fourth-order valence-corrected chi connectivity index (χ4v) is 3.32. The van der Waals surface area contributed by atoms with E-state index in [1.165, 1.54) is 32.1 Å². The molecule has 1 aromatic heterocycles. The molecule has 0 aromatic carbocycles. The molecule has 120 valence electrons. The molecule has 2 amide bonds. The summed E-state index contributed by atoms with van der Waals surface area (Å²) in [6, 6.07) is 4.41. The predicted molar refractivity (Wildman–Crippen MR) is 87.9 cm³/mol. The summed E-state index contributed by atoms with van der Waals surface area (Å²) in [5.41, 5.74) is 1.04. The molecular formula is C17H26N4O. The van der Waals surface area contributed by atoms with Crippen molar-refractivity contribution >= 4 is 11.8 Å². The number of nitrogens with zero attached hydrogens (tertiary/aromatic N) is 2. The third-order valence-electron chi connectivity index (χ3n) is 4.63. The molecule has 1 saturated heterocycles. The van der Waals surface area contributed by atoms with Gasteiger partial charge in [0.05, 0.1) is 0 Å². The van der Waals surface area contributed by atoms with E-state index in [2.05, 4.69) is 32.7 Å². The van der Waals surface area contributed by atoms with Crippen LogP contribution in [0, 0.1) is 0 Å². The summed E-state index contributed by atoms with van der Waals surface area (Å²) in [4.78, 5) is 18.7. The molecule has 0 radical (unpaired) electrons. The molecule has 1 aromatic rings. The number of carbonyl (C=O) groups is 1. The van der Waals surface area contributed by atoms with Crippen LogP contribution in [0.15, 0.2) is 18.3 Å². The quantitative estimate of drug-likeness (QED) is 0.899. The molecule has 1 aliphatic carbocycles. The summed E-state index contributed by atoms with van der Waals surface area (Å²) >= 11 is 0. The second kappa shape index (κ2) is 7.47. The number of urea groups is 1. The molecule has 0 bridgehead atoms. The van der Waals surface area contributed by atoms with Crippen molar-refractivity contribution in [1.29, 1.82) is 0 Å². The number of hydrogen-bond donors (Lipinski definition) is 2. The normalized spacial score (nSPS) is 19.2. The van der Waals surface area contributed by atoms with Crippen LogP contribution < -0.4 is 15.5 Å². The minimum absolute atomic E-state index is 0.0597. The zero-order valence-corrected chi connectivity index (χ0v) is 13.2. The van der Waals surface area contributed by atoms with Crippen LogP contribution in [-0.4, -0.2) is 30.1 Å². The first kappa shape index (κ1) is 15.1. The standard InChI is InChI=1S/C17H26N4O/c22-17(20-15-6-2-1-3-7-15)19-13-14-8-9-16(18-12-14)21-10-4-5-11-21/h8-9,12,15H,1-7,10-11,13H2,(H2,19,20,22). The molecule has 1 saturated carbocycles. The van der Waals surface area contributed by atoms with Crippen molar-refractivity contribution in [2.24, 2.45) is 0 Å². The molecule has 5 nitrogen and oxygen atoms in total. The number of nitrogens with one attached hydrogen (secondary N) is 2. The highest BCUT2D eigenvalue weighted by atomic mass is 16.2. The van der Waals surface area contributed by atoms with E-state index in [1.54, 1.807) is 0 Å². The summed E-state index contributed by atoms with van der Waals surface area (Å²) in [6.07, 6.45) is 10.4. The molecule has 2 aliphatic rings. The van der Waals surface area contributed by atoms with Crippen LogP contribution in [0.25, 0.3) is 0 Å². The van der Waals surface area contributed by atoms with Gasteiger partial charge in [-0.2, -0.15) is 0 Å². The molecule has 2 heterocycles. The highest BCUT2D eigenvalue weighted by Gasteiger charge is 2.15. The van der Waals surface area contributed by atoms with E-state index >= 15 is 0 Å². The van der Waals surface area contributed by atoms with E-state index < -0.39 is 0 Å². The van der Waals surface area contributed by atoms with Crippen LogP contribution in [-0.2, 0) is 6.54 Å². The van der Waals surface area contributed by atoms with E-state index in [9.17, 15) is 4.79 Å². The fraction of sp³-hybridized carbons (Fsp3) is 0.647. The lowest BCUT2D eigenvalue weighted by molar-refractivity contribution is 0.232. The summed E-state index contributed by atoms with van der Waals surface area (Å²) in [5, 5.41) is 6.00. The van der Waals surface area contributed by atoms with Gasteiger partial charge in [0.2, 0.25) is 0 Å². The number of carbonyl (C=O) groups excluding carboxylic acids is 1. The monoisotopic (exact) mass is 302 g/mol. The molecule has 0 spiro atoms. The topological polar surface area (TPSA) is 57.3 Å². The molecule has 3 rings (SSSR count). The molecule has 1 aliphatic heterocycles. The third-order valence-corrected chi connectivity index (χ3v) is 4.63. The Morgan fingerprint density at radius 1 is 1.14 bits per heavy atom. The van der Waals surface area contributed by atoms with Crippen LogP contribution in [0.3, 0.4) is 0 Å². The number of pyridine rings is 1. The van der Waals surface area contributed by atoms with Gasteiger partial charge >= 0.3 is 6.03 Å². The van der Waals surface area contributed by atoms with Gasteiger partial charge in [-0.3, -0.25) is 0 Å². The molecule has 2 fully saturated rings. The third kappa shape index (κ3) is 4.12. The van der Waals surface area contributed by atoms with Crippen LogP contribution >= 0.6 is 0 Å². The maximum absolute atomic E-state index is 11.9. The van der Waals surface area contributed by atoms with Gasteiger partial charge in [0.25, 0.3) is 0 Å². The lowest BCUT2D eigenvalue weighted by atomic mass is 9.96. The lowest BCUT2D eigenvalue weighted by Gasteiger charge is -2.22. The van der Waals surface area contributed by atoms with Crippen LogP contribution in [0.4, 0.5) is 10.6 Å². The van der Waals surface area contributed by atoms with Gasteiger partial charge in [-0.15, -0.1) is 0 Å². The van der Waals surface area contributed by atoms with Crippen molar-refractivity contribution in [2.75, 3.05) is 18.0 Å². The van der Waals surface area contributed by atoms with E-state index in [1.807, 2.05) is 6.20 Å². The Morgan fingerprint density at radius 2 is 1.91 bits per heavy atom. The number of hydrogen-bond acceptors (Lipinski definition) is 3. The zero-order chi connectivity index (χ0) is 15.2. The second-order valence-corrected chi connectivity index (χ2v) is 6.38. The van der Waals surface area contributed by atoms with E-state index in [0.717, 1.165) is 37.3 Å². The number of anilines is 1. The summed E-state index contributed by atoms with van der Waals surface area (Å²) in [6.45, 7) is 2.74. The van der Waals surface area contributed by atoms with E-state index in [4.69, 9.17) is 0 Å². The largest absolute Gasteiger partial charge is 0.357 e. The first-order chi connectivity index (χ1) is 10.8. The van der Waals surface area contributed by atoms with Crippen molar-refractivity contribution in [1.82, 2.24) is 15.6 Å². The van der Waals surface area contributed by atoms with Crippen molar-refractivity contribution in [3.8, 4) is 0 Å². The Labute approximate surface area is 132 Å². The predicted octanol–water partition coefficient (Wildman–Crippen LogP) is 2.81. The minimum Gasteiger partial charge on any atom is -0.357 e. The first-order valence-corrected chi connectivity index (χ1v) is 8.55. The Morgan fingerprint density at radius 3 is 2.59 bits per heavy atom. The summed E-state index contributed by atoms with van der Waals surface area (Å²) in [5.74, 6) is 1.05. The Balaban J connectivity index is 1.43. The smallest absolute Gasteiger partial charge is 0.315 e. The number of amides is 2. The van der Waals surface area contributed by atoms with E-state index in [-0.39, 0.29) is 6.03 Å². The van der Waals surface area contributed by atoms with Crippen molar-refractivity contribution in [3.05, 3.63) is 23.9 Å². The molecule has 0 unspecified atom stereocenters. The van der Waals surface area contributed by atoms with Gasteiger partial charge in [-0.25, -0.2) is 9.78 Å². The molecular weight excluding hydrogens is 276 g/mol. The van der Waals surface area contributed by atoms with Gasteiger partial charge in [0.15, 0.2) is 0 Å². The zero-order valence-electron chi connectivity index (χ0n) is 13.2. The molecule has 22 heavy (non-hydrogen) atoms. The van der Waals surface area contributed by atoms with Gasteiger partial charge in [-0.1, -0.05) is 25.3 Å². The molecule has 5 heteroatoms. The SMILES string of the molecule is O=C(NCc1ccc(N2CCCC2)nc1)NC1CCCCC1. The maximum atomic E-state index is 11.9. The van der Waals surface area contributed by atoms with E-state index in [0.29, 0.717) is 12.6 Å². The van der Waals surface area contributed by atoms with Gasteiger partial charge in [0.1, 0.15) is 5.82 Å². The van der Waals surface area contributed by atoms with Gasteiger partial charge in [-0.05, 0) is 37.3 Å². The Bertz CT molecular complexity index is 476. The first-order valence-electron chi connectivity index (χ1n) is 8.55. The molecule has 2 N–H and O–H groups in total. The van der Waals surface area contributed by atoms with Gasteiger partial charge in [0, 0.05) is 31.9 Å². The fourth-order valence-electron chi connectivity index (χ4n) is 3.32. The maximum Gasteiger partial charge on any atom is 0.315 e. The Kier molecular flexibility index (Phi) is 5.14. The summed E-state index contributed by atoms with van der Waals surface area (Å²) < 4.78 is 0. The number of rotatable bonds is 4. The average molecular weight is 302 g/mol. The summed E-state index contributed by atoms with van der Waals surface area (Å²) in [7, 11) is 0. The Hall–Kier alpha value is -1.78. The highest BCUT2D eigenvalue weighted by Crippen LogP contribution is 2.18. The van der Waals surface area contributed by atoms with Crippen molar-refractivity contribution < 1.29 is 4.79 Å². The minimum atomic E-state index is -0.0597. The van der Waals surface area contributed by atoms with Crippen LogP contribution in [0.5, 0.6) is 0 Å². The highest BCUT2D eigenvalue weighted by molar-refractivity contribution is 5.74. The average Bonchev–Trinajstić information content (AvgIpc) is 3.09. The van der Waals surface area contributed by atoms with Crippen LogP contribution in [0.2, 0.25) is 0 Å².